The molecule has 4 amide bonds. The Bertz CT molecular complexity index is 695. The molecule has 1 aromatic carbocycles. The summed E-state index contributed by atoms with van der Waals surface area (Å²) in [6.07, 6.45) is 4.39. The molecule has 6 nitrogen and oxygen atoms in total. The van der Waals surface area contributed by atoms with Gasteiger partial charge in [0, 0.05) is 19.0 Å². The summed E-state index contributed by atoms with van der Waals surface area (Å²) in [7, 11) is 1.56. The Kier molecular flexibility index (Phi) is 4.79. The molecule has 1 saturated heterocycles. The number of hydrogen-bond donors (Lipinski definition) is 1. The van der Waals surface area contributed by atoms with Crippen LogP contribution in [-0.2, 0) is 15.0 Å². The Morgan fingerprint density at radius 3 is 2.56 bits per heavy atom. The maximum Gasteiger partial charge on any atom is 0.327 e. The minimum absolute atomic E-state index is 0.0410. The van der Waals surface area contributed by atoms with Crippen LogP contribution < -0.4 is 5.32 Å². The molecule has 134 valence electrons. The van der Waals surface area contributed by atoms with Crippen molar-refractivity contribution in [3.63, 3.8) is 0 Å². The van der Waals surface area contributed by atoms with Gasteiger partial charge in [0.05, 0.1) is 0 Å². The Labute approximate surface area is 148 Å². The zero-order valence-electron chi connectivity index (χ0n) is 14.9. The monoisotopic (exact) mass is 343 g/mol. The Hall–Kier alpha value is -2.37. The zero-order chi connectivity index (χ0) is 18.0. The van der Waals surface area contributed by atoms with Crippen LogP contribution in [0.3, 0.4) is 0 Å². The van der Waals surface area contributed by atoms with E-state index in [2.05, 4.69) is 36.5 Å². The number of aryl methyl sites for hydroxylation is 1. The van der Waals surface area contributed by atoms with Crippen LogP contribution >= 0.6 is 0 Å². The molecule has 0 bridgehead atoms. The van der Waals surface area contributed by atoms with Crippen LogP contribution in [0.2, 0.25) is 0 Å². The summed E-state index contributed by atoms with van der Waals surface area (Å²) in [4.78, 5) is 38.3. The highest BCUT2D eigenvalue weighted by Gasteiger charge is 2.38. The molecule has 6 heteroatoms. The molecule has 0 aromatic heterocycles. The standard InChI is InChI=1S/C19H25N3O3/c1-14-6-5-7-15(10-14)19(8-3-4-9-19)13-20-16(23)11-22-17(24)12-21(2)18(22)25/h5-7,10H,3-4,8-9,11-13H2,1-2H3,(H,20,23). The van der Waals surface area contributed by atoms with Crippen LogP contribution in [0.5, 0.6) is 0 Å². The Balaban J connectivity index is 1.65. The quantitative estimate of drug-likeness (QED) is 0.829. The molecule has 1 aromatic rings. The molecule has 0 spiro atoms. The smallest absolute Gasteiger partial charge is 0.327 e. The second-order valence-corrected chi connectivity index (χ2v) is 7.25. The van der Waals surface area contributed by atoms with E-state index in [0.717, 1.165) is 30.6 Å². The molecule has 1 aliphatic carbocycles. The molecule has 25 heavy (non-hydrogen) atoms. The van der Waals surface area contributed by atoms with Gasteiger partial charge in [-0.1, -0.05) is 42.7 Å². The molecule has 0 atom stereocenters. The summed E-state index contributed by atoms with van der Waals surface area (Å²) < 4.78 is 0. The summed E-state index contributed by atoms with van der Waals surface area (Å²) in [6.45, 7) is 2.46. The first kappa shape index (κ1) is 17.5. The third kappa shape index (κ3) is 3.52. The maximum absolute atomic E-state index is 12.3. The SMILES string of the molecule is Cc1cccc(C2(CNC(=O)CN3C(=O)CN(C)C3=O)CCCC2)c1. The minimum Gasteiger partial charge on any atom is -0.354 e. The number of urea groups is 1. The van der Waals surface area contributed by atoms with Crippen LogP contribution in [0.4, 0.5) is 4.79 Å². The van der Waals surface area contributed by atoms with Gasteiger partial charge in [-0.2, -0.15) is 0 Å². The summed E-state index contributed by atoms with van der Waals surface area (Å²) in [6, 6.07) is 8.05. The summed E-state index contributed by atoms with van der Waals surface area (Å²) >= 11 is 0. The first-order chi connectivity index (χ1) is 11.9. The van der Waals surface area contributed by atoms with Gasteiger partial charge in [0.15, 0.2) is 0 Å². The van der Waals surface area contributed by atoms with E-state index < -0.39 is 6.03 Å². The van der Waals surface area contributed by atoms with Crippen molar-refractivity contribution in [3.8, 4) is 0 Å². The second kappa shape index (κ2) is 6.86. The number of benzene rings is 1. The molecule has 1 N–H and O–H groups in total. The van der Waals surface area contributed by atoms with Crippen molar-refractivity contribution < 1.29 is 14.4 Å². The molecule has 1 heterocycles. The number of hydrogen-bond acceptors (Lipinski definition) is 3. The van der Waals surface area contributed by atoms with Gasteiger partial charge >= 0.3 is 6.03 Å². The van der Waals surface area contributed by atoms with Crippen molar-refractivity contribution in [2.45, 2.75) is 38.0 Å². The van der Waals surface area contributed by atoms with Crippen molar-refractivity contribution in [2.75, 3.05) is 26.7 Å². The highest BCUT2D eigenvalue weighted by Crippen LogP contribution is 2.40. The van der Waals surface area contributed by atoms with Gasteiger partial charge in [-0.3, -0.25) is 14.5 Å². The van der Waals surface area contributed by atoms with E-state index in [-0.39, 0.29) is 30.3 Å². The number of likely N-dealkylation sites (N-methyl/N-ethyl adjacent to an activating group) is 1. The topological polar surface area (TPSA) is 69.7 Å². The fraction of sp³-hybridized carbons (Fsp3) is 0.526. The summed E-state index contributed by atoms with van der Waals surface area (Å²) in [5.74, 6) is -0.604. The molecular formula is C19H25N3O3. The first-order valence-electron chi connectivity index (χ1n) is 8.81. The number of amides is 4. The van der Waals surface area contributed by atoms with Crippen molar-refractivity contribution in [3.05, 3.63) is 35.4 Å². The highest BCUT2D eigenvalue weighted by molar-refractivity contribution is 6.04. The number of imide groups is 1. The number of carbonyl (C=O) groups excluding carboxylic acids is 3. The van der Waals surface area contributed by atoms with Crippen molar-refractivity contribution >= 4 is 17.8 Å². The fourth-order valence-electron chi connectivity index (χ4n) is 3.89. The molecule has 0 radical (unpaired) electrons. The number of rotatable bonds is 5. The molecule has 2 fully saturated rings. The molecule has 3 rings (SSSR count). The lowest BCUT2D eigenvalue weighted by molar-refractivity contribution is -0.130. The number of nitrogens with zero attached hydrogens (tertiary/aromatic N) is 2. The normalized spacial score (nSPS) is 19.6. The van der Waals surface area contributed by atoms with Crippen LogP contribution in [0, 0.1) is 6.92 Å². The average Bonchev–Trinajstić information content (AvgIpc) is 3.15. The lowest BCUT2D eigenvalue weighted by atomic mass is 9.78. The molecule has 2 aliphatic rings. The predicted molar refractivity (Wildman–Crippen MR) is 94.1 cm³/mol. The molecule has 1 saturated carbocycles. The lowest BCUT2D eigenvalue weighted by Gasteiger charge is -2.30. The van der Waals surface area contributed by atoms with Crippen molar-refractivity contribution in [2.24, 2.45) is 0 Å². The molecular weight excluding hydrogens is 318 g/mol. The van der Waals surface area contributed by atoms with Gasteiger partial charge in [-0.25, -0.2) is 4.79 Å². The van der Waals surface area contributed by atoms with Gasteiger partial charge in [-0.05, 0) is 25.3 Å². The number of carbonyl (C=O) groups is 3. The largest absolute Gasteiger partial charge is 0.354 e. The van der Waals surface area contributed by atoms with E-state index in [4.69, 9.17) is 0 Å². The maximum atomic E-state index is 12.3. The predicted octanol–water partition coefficient (Wildman–Crippen LogP) is 1.82. The van der Waals surface area contributed by atoms with E-state index in [9.17, 15) is 14.4 Å². The Morgan fingerprint density at radius 2 is 1.96 bits per heavy atom. The Morgan fingerprint density at radius 1 is 1.24 bits per heavy atom. The van der Waals surface area contributed by atoms with Gasteiger partial charge < -0.3 is 10.2 Å². The zero-order valence-corrected chi connectivity index (χ0v) is 14.9. The summed E-state index contributed by atoms with van der Waals surface area (Å²) in [5, 5.41) is 2.96. The fourth-order valence-corrected chi connectivity index (χ4v) is 3.89. The third-order valence-corrected chi connectivity index (χ3v) is 5.35. The van der Waals surface area contributed by atoms with Gasteiger partial charge in [-0.15, -0.1) is 0 Å². The lowest BCUT2D eigenvalue weighted by Crippen LogP contribution is -2.45. The van der Waals surface area contributed by atoms with Gasteiger partial charge in [0.25, 0.3) is 5.91 Å². The van der Waals surface area contributed by atoms with Crippen LogP contribution in [0.1, 0.15) is 36.8 Å². The second-order valence-electron chi connectivity index (χ2n) is 7.25. The van der Waals surface area contributed by atoms with E-state index in [1.165, 1.54) is 16.0 Å². The van der Waals surface area contributed by atoms with Gasteiger partial charge in [0.2, 0.25) is 5.91 Å². The highest BCUT2D eigenvalue weighted by atomic mass is 16.2. The van der Waals surface area contributed by atoms with Crippen molar-refractivity contribution in [1.82, 2.24) is 15.1 Å². The first-order valence-corrected chi connectivity index (χ1v) is 8.81. The third-order valence-electron chi connectivity index (χ3n) is 5.35. The van der Waals surface area contributed by atoms with Crippen molar-refractivity contribution in [1.29, 1.82) is 0 Å². The number of nitrogens with one attached hydrogen (secondary N) is 1. The van der Waals surface area contributed by atoms with Crippen LogP contribution in [-0.4, -0.2) is 54.3 Å². The van der Waals surface area contributed by atoms with Gasteiger partial charge in [0.1, 0.15) is 13.1 Å². The van der Waals surface area contributed by atoms with E-state index in [1.807, 2.05) is 0 Å². The van der Waals surface area contributed by atoms with Crippen LogP contribution in [0.25, 0.3) is 0 Å². The van der Waals surface area contributed by atoms with Crippen LogP contribution in [0.15, 0.2) is 24.3 Å². The average molecular weight is 343 g/mol. The minimum atomic E-state index is -0.408. The summed E-state index contributed by atoms with van der Waals surface area (Å²) in [5.41, 5.74) is 2.43. The molecule has 1 aliphatic heterocycles. The van der Waals surface area contributed by atoms with E-state index in [0.29, 0.717) is 6.54 Å². The van der Waals surface area contributed by atoms with E-state index in [1.54, 1.807) is 7.05 Å². The molecule has 0 unspecified atom stereocenters. The van der Waals surface area contributed by atoms with E-state index >= 15 is 0 Å².